The lowest BCUT2D eigenvalue weighted by Crippen LogP contribution is -2.21. The van der Waals surface area contributed by atoms with Crippen molar-refractivity contribution in [2.75, 3.05) is 0 Å². The fraction of sp³-hybridized carbons (Fsp3) is 0.267. The monoisotopic (exact) mass is 208 g/mol. The molecule has 0 saturated heterocycles. The third-order valence-corrected chi connectivity index (χ3v) is 4.10. The van der Waals surface area contributed by atoms with Gasteiger partial charge in [-0.2, -0.15) is 0 Å². The van der Waals surface area contributed by atoms with Gasteiger partial charge in [0, 0.05) is 23.0 Å². The molecule has 0 heterocycles. The molecule has 16 heavy (non-hydrogen) atoms. The van der Waals surface area contributed by atoms with Gasteiger partial charge in [0.2, 0.25) is 0 Å². The standard InChI is InChI=1S/C15H12O/c16-15-12-4-2-1-3-11(12)13-9-5-7-10(8-6-9)14(13)15/h1-5,7,9-10H,6,8H2/t9-,10-/m1/s1. The Bertz CT molecular complexity index is 563. The molecule has 0 fully saturated rings. The maximum atomic E-state index is 12.3. The number of carbonyl (C=O) groups is 1. The number of benzene rings is 1. The summed E-state index contributed by atoms with van der Waals surface area (Å²) in [4.78, 5) is 12.3. The number of fused-ring (bicyclic) bond motifs is 2. The van der Waals surface area contributed by atoms with Gasteiger partial charge in [0.25, 0.3) is 0 Å². The Morgan fingerprint density at radius 1 is 0.875 bits per heavy atom. The van der Waals surface area contributed by atoms with E-state index in [-0.39, 0.29) is 5.78 Å². The molecular weight excluding hydrogens is 196 g/mol. The Labute approximate surface area is 94.5 Å². The summed E-state index contributed by atoms with van der Waals surface area (Å²) in [6, 6.07) is 8.07. The first-order valence-corrected chi connectivity index (χ1v) is 5.93. The van der Waals surface area contributed by atoms with Crippen LogP contribution in [-0.2, 0) is 0 Å². The smallest absolute Gasteiger partial charge is 0.190 e. The van der Waals surface area contributed by atoms with Gasteiger partial charge in [-0.05, 0) is 24.0 Å². The Balaban J connectivity index is 2.02. The highest BCUT2D eigenvalue weighted by atomic mass is 16.1. The van der Waals surface area contributed by atoms with Gasteiger partial charge in [0.1, 0.15) is 0 Å². The summed E-state index contributed by atoms with van der Waals surface area (Å²) in [6.45, 7) is 0. The van der Waals surface area contributed by atoms with E-state index in [9.17, 15) is 4.79 Å². The minimum Gasteiger partial charge on any atom is -0.289 e. The lowest BCUT2D eigenvalue weighted by Gasteiger charge is -2.32. The van der Waals surface area contributed by atoms with E-state index in [4.69, 9.17) is 0 Å². The third kappa shape index (κ3) is 0.850. The predicted octanol–water partition coefficient (Wildman–Crippen LogP) is 3.23. The lowest BCUT2D eigenvalue weighted by molar-refractivity contribution is 0.102. The summed E-state index contributed by atoms with van der Waals surface area (Å²) < 4.78 is 0. The molecule has 4 aliphatic rings. The van der Waals surface area contributed by atoms with E-state index in [1.807, 2.05) is 18.2 Å². The topological polar surface area (TPSA) is 17.1 Å². The SMILES string of the molecule is O=C1C2=C(c3ccccc31)[C@@H]1C=C[C@@H]2CC1. The zero-order valence-electron chi connectivity index (χ0n) is 8.94. The minimum absolute atomic E-state index is 0.282. The van der Waals surface area contributed by atoms with Gasteiger partial charge in [-0.1, -0.05) is 36.4 Å². The van der Waals surface area contributed by atoms with Crippen LogP contribution in [0.4, 0.5) is 0 Å². The van der Waals surface area contributed by atoms with Crippen molar-refractivity contribution in [2.45, 2.75) is 12.8 Å². The van der Waals surface area contributed by atoms with Crippen molar-refractivity contribution in [3.05, 3.63) is 53.1 Å². The van der Waals surface area contributed by atoms with Crippen molar-refractivity contribution >= 4 is 11.4 Å². The first kappa shape index (κ1) is 8.51. The van der Waals surface area contributed by atoms with E-state index in [1.54, 1.807) is 0 Å². The van der Waals surface area contributed by atoms with Crippen LogP contribution in [0.2, 0.25) is 0 Å². The molecule has 2 atom stereocenters. The number of hydrogen-bond acceptors (Lipinski definition) is 1. The van der Waals surface area contributed by atoms with Crippen LogP contribution in [0.25, 0.3) is 5.57 Å². The average molecular weight is 208 g/mol. The van der Waals surface area contributed by atoms with E-state index in [2.05, 4.69) is 18.2 Å². The molecule has 0 N–H and O–H groups in total. The molecule has 78 valence electrons. The van der Waals surface area contributed by atoms with Crippen LogP contribution in [-0.4, -0.2) is 5.78 Å². The highest BCUT2D eigenvalue weighted by Gasteiger charge is 2.41. The number of allylic oxidation sites excluding steroid dienone is 4. The molecule has 1 nitrogen and oxygen atoms in total. The molecule has 0 amide bonds. The van der Waals surface area contributed by atoms with Gasteiger partial charge in [-0.15, -0.1) is 0 Å². The number of Topliss-reactive ketones (excluding diaryl/α,β-unsaturated/α-hetero) is 1. The van der Waals surface area contributed by atoms with Crippen molar-refractivity contribution in [1.29, 1.82) is 0 Å². The molecule has 0 spiro atoms. The van der Waals surface area contributed by atoms with Crippen molar-refractivity contribution in [1.82, 2.24) is 0 Å². The first-order chi connectivity index (χ1) is 7.86. The maximum absolute atomic E-state index is 12.3. The van der Waals surface area contributed by atoms with Gasteiger partial charge < -0.3 is 0 Å². The summed E-state index contributed by atoms with van der Waals surface area (Å²) >= 11 is 0. The van der Waals surface area contributed by atoms with Crippen LogP contribution >= 0.6 is 0 Å². The summed E-state index contributed by atoms with van der Waals surface area (Å²) in [5.41, 5.74) is 4.55. The number of carbonyl (C=O) groups excluding carboxylic acids is 1. The highest BCUT2D eigenvalue weighted by molar-refractivity contribution is 6.22. The Morgan fingerprint density at radius 3 is 2.19 bits per heavy atom. The van der Waals surface area contributed by atoms with Gasteiger partial charge in [-0.25, -0.2) is 0 Å². The molecule has 1 aromatic carbocycles. The zero-order chi connectivity index (χ0) is 10.7. The van der Waals surface area contributed by atoms with E-state index in [0.29, 0.717) is 11.8 Å². The van der Waals surface area contributed by atoms with Crippen LogP contribution < -0.4 is 0 Å². The Hall–Kier alpha value is -1.63. The predicted molar refractivity (Wildman–Crippen MR) is 63.0 cm³/mol. The normalized spacial score (nSPS) is 29.6. The minimum atomic E-state index is 0.282. The molecule has 1 heteroatoms. The fourth-order valence-corrected chi connectivity index (χ4v) is 3.40. The van der Waals surface area contributed by atoms with Crippen molar-refractivity contribution in [3.63, 3.8) is 0 Å². The molecule has 0 saturated carbocycles. The molecule has 5 rings (SSSR count). The molecular formula is C15H12O. The quantitative estimate of drug-likeness (QED) is 0.598. The third-order valence-electron chi connectivity index (χ3n) is 4.10. The van der Waals surface area contributed by atoms with E-state index in [1.165, 1.54) is 17.6 Å². The van der Waals surface area contributed by atoms with Crippen molar-refractivity contribution in [2.24, 2.45) is 11.8 Å². The zero-order valence-corrected chi connectivity index (χ0v) is 8.94. The second kappa shape index (κ2) is 2.73. The summed E-state index contributed by atoms with van der Waals surface area (Å²) in [6.07, 6.45) is 6.89. The van der Waals surface area contributed by atoms with Crippen molar-refractivity contribution in [3.8, 4) is 0 Å². The lowest BCUT2D eigenvalue weighted by atomic mass is 9.71. The van der Waals surface area contributed by atoms with Crippen LogP contribution in [0.15, 0.2) is 42.0 Å². The van der Waals surface area contributed by atoms with Crippen LogP contribution in [0, 0.1) is 11.8 Å². The maximum Gasteiger partial charge on any atom is 0.190 e. The molecule has 0 radical (unpaired) electrons. The van der Waals surface area contributed by atoms with Crippen LogP contribution in [0.5, 0.6) is 0 Å². The van der Waals surface area contributed by atoms with Gasteiger partial charge >= 0.3 is 0 Å². The fourth-order valence-electron chi connectivity index (χ4n) is 3.40. The van der Waals surface area contributed by atoms with Crippen molar-refractivity contribution < 1.29 is 4.79 Å². The largest absolute Gasteiger partial charge is 0.289 e. The number of rotatable bonds is 0. The van der Waals surface area contributed by atoms with E-state index in [0.717, 1.165) is 17.6 Å². The van der Waals surface area contributed by atoms with Crippen LogP contribution in [0.3, 0.4) is 0 Å². The summed E-state index contributed by atoms with van der Waals surface area (Å²) in [7, 11) is 0. The Kier molecular flexibility index (Phi) is 1.45. The van der Waals surface area contributed by atoms with Gasteiger partial charge in [0.05, 0.1) is 0 Å². The first-order valence-electron chi connectivity index (χ1n) is 5.93. The number of hydrogen-bond donors (Lipinski definition) is 0. The molecule has 0 aromatic heterocycles. The number of ketones is 1. The molecule has 1 aromatic rings. The van der Waals surface area contributed by atoms with Gasteiger partial charge in [0.15, 0.2) is 5.78 Å². The molecule has 0 unspecified atom stereocenters. The molecule has 0 aliphatic heterocycles. The van der Waals surface area contributed by atoms with Gasteiger partial charge in [-0.3, -0.25) is 4.79 Å². The summed E-state index contributed by atoms with van der Waals surface area (Å²) in [5.74, 6) is 1.16. The van der Waals surface area contributed by atoms with Crippen LogP contribution in [0.1, 0.15) is 28.8 Å². The highest BCUT2D eigenvalue weighted by Crippen LogP contribution is 2.50. The second-order valence-corrected chi connectivity index (χ2v) is 4.88. The second-order valence-electron chi connectivity index (χ2n) is 4.88. The van der Waals surface area contributed by atoms with E-state index < -0.39 is 0 Å². The summed E-state index contributed by atoms with van der Waals surface area (Å²) in [5, 5.41) is 0. The molecule has 2 bridgehead atoms. The van der Waals surface area contributed by atoms with E-state index >= 15 is 0 Å². The average Bonchev–Trinajstić information content (AvgIpc) is 2.68. The molecule has 4 aliphatic carbocycles. The Morgan fingerprint density at radius 2 is 1.50 bits per heavy atom.